The first-order valence-corrected chi connectivity index (χ1v) is 11.9. The molecule has 1 amide bonds. The second-order valence-corrected chi connectivity index (χ2v) is 9.89. The summed E-state index contributed by atoms with van der Waals surface area (Å²) < 4.78 is 5.80. The Morgan fingerprint density at radius 3 is 2.26 bits per heavy atom. The zero-order chi connectivity index (χ0) is 25.3. The van der Waals surface area contributed by atoms with Crippen molar-refractivity contribution in [2.45, 2.75) is 39.2 Å². The van der Waals surface area contributed by atoms with E-state index in [1.807, 2.05) is 19.1 Å². The smallest absolute Gasteiger partial charge is 0.300 e. The Bertz CT molecular complexity index is 1290. The van der Waals surface area contributed by atoms with Crippen LogP contribution in [0.2, 0.25) is 5.02 Å². The molecule has 35 heavy (non-hydrogen) atoms. The molecule has 3 aromatic carbocycles. The number of para-hydroxylation sites is 1. The van der Waals surface area contributed by atoms with Crippen LogP contribution in [0, 0.1) is 0 Å². The maximum absolute atomic E-state index is 13.3. The monoisotopic (exact) mass is 489 g/mol. The molecular formula is C29H28ClNO4. The molecule has 0 saturated carbocycles. The standard InChI is InChI=1S/C29H28ClNO4/c1-5-35-23-16-13-19(17-22(23)29(2,3)4)26(32)24-25(18-11-14-20(30)15-12-18)31(28(34)27(24)33)21-9-7-6-8-10-21/h6-17,25,32H,5H2,1-4H3/b26-24-. The Labute approximate surface area is 210 Å². The van der Waals surface area contributed by atoms with E-state index in [9.17, 15) is 14.7 Å². The molecule has 180 valence electrons. The summed E-state index contributed by atoms with van der Waals surface area (Å²) in [4.78, 5) is 28.0. The van der Waals surface area contributed by atoms with Crippen LogP contribution in [0.4, 0.5) is 5.69 Å². The van der Waals surface area contributed by atoms with Gasteiger partial charge in [0.15, 0.2) is 0 Å². The van der Waals surface area contributed by atoms with Crippen molar-refractivity contribution in [2.75, 3.05) is 11.5 Å². The molecule has 0 bridgehead atoms. The van der Waals surface area contributed by atoms with E-state index in [1.54, 1.807) is 60.7 Å². The van der Waals surface area contributed by atoms with E-state index in [4.69, 9.17) is 16.3 Å². The van der Waals surface area contributed by atoms with Crippen LogP contribution in [-0.4, -0.2) is 23.4 Å². The number of aliphatic hydroxyl groups excluding tert-OH is 1. The summed E-state index contributed by atoms with van der Waals surface area (Å²) in [7, 11) is 0. The van der Waals surface area contributed by atoms with E-state index >= 15 is 0 Å². The fourth-order valence-electron chi connectivity index (χ4n) is 4.35. The van der Waals surface area contributed by atoms with Gasteiger partial charge in [-0.05, 0) is 60.4 Å². The number of carbonyl (C=O) groups excluding carboxylic acids is 2. The molecule has 1 aliphatic rings. The molecule has 0 radical (unpaired) electrons. The molecule has 3 aromatic rings. The molecule has 1 N–H and O–H groups in total. The average molecular weight is 490 g/mol. The van der Waals surface area contributed by atoms with Crippen molar-refractivity contribution >= 4 is 34.7 Å². The molecule has 0 spiro atoms. The van der Waals surface area contributed by atoms with Gasteiger partial charge in [-0.1, -0.05) is 62.7 Å². The van der Waals surface area contributed by atoms with Crippen LogP contribution in [0.25, 0.3) is 5.76 Å². The summed E-state index contributed by atoms with van der Waals surface area (Å²) in [6.07, 6.45) is 0. The highest BCUT2D eigenvalue weighted by atomic mass is 35.5. The third kappa shape index (κ3) is 4.69. The molecule has 1 heterocycles. The van der Waals surface area contributed by atoms with Gasteiger partial charge in [-0.3, -0.25) is 14.5 Å². The Hall–Kier alpha value is -3.57. The third-order valence-electron chi connectivity index (χ3n) is 6.03. The van der Waals surface area contributed by atoms with Crippen molar-refractivity contribution in [3.63, 3.8) is 0 Å². The lowest BCUT2D eigenvalue weighted by molar-refractivity contribution is -0.132. The topological polar surface area (TPSA) is 66.8 Å². The van der Waals surface area contributed by atoms with E-state index in [-0.39, 0.29) is 16.7 Å². The Balaban J connectivity index is 1.94. The van der Waals surface area contributed by atoms with E-state index in [1.165, 1.54) is 4.90 Å². The third-order valence-corrected chi connectivity index (χ3v) is 6.28. The Morgan fingerprint density at radius 2 is 1.66 bits per heavy atom. The Kier molecular flexibility index (Phi) is 6.73. The Morgan fingerprint density at radius 1 is 1.00 bits per heavy atom. The summed E-state index contributed by atoms with van der Waals surface area (Å²) in [5.74, 6) is -0.942. The van der Waals surface area contributed by atoms with Crippen LogP contribution in [0.15, 0.2) is 78.4 Å². The van der Waals surface area contributed by atoms with Crippen LogP contribution < -0.4 is 9.64 Å². The lowest BCUT2D eigenvalue weighted by atomic mass is 9.84. The van der Waals surface area contributed by atoms with Crippen molar-refractivity contribution in [2.24, 2.45) is 0 Å². The van der Waals surface area contributed by atoms with E-state index in [0.29, 0.717) is 28.4 Å². The number of benzene rings is 3. The first kappa shape index (κ1) is 24.6. The molecular weight excluding hydrogens is 462 g/mol. The summed E-state index contributed by atoms with van der Waals surface area (Å²) in [5.41, 5.74) is 2.33. The van der Waals surface area contributed by atoms with Crippen LogP contribution in [0.1, 0.15) is 50.4 Å². The van der Waals surface area contributed by atoms with Crippen molar-refractivity contribution in [3.05, 3.63) is 100 Å². The minimum Gasteiger partial charge on any atom is -0.507 e. The fourth-order valence-corrected chi connectivity index (χ4v) is 4.47. The van der Waals surface area contributed by atoms with Gasteiger partial charge in [0.25, 0.3) is 11.7 Å². The largest absolute Gasteiger partial charge is 0.507 e. The van der Waals surface area contributed by atoms with Gasteiger partial charge in [0.05, 0.1) is 18.2 Å². The van der Waals surface area contributed by atoms with Crippen LogP contribution in [0.3, 0.4) is 0 Å². The fraction of sp³-hybridized carbons (Fsp3) is 0.241. The van der Waals surface area contributed by atoms with Gasteiger partial charge in [-0.2, -0.15) is 0 Å². The molecule has 1 saturated heterocycles. The summed E-state index contributed by atoms with van der Waals surface area (Å²) in [6.45, 7) is 8.58. The highest BCUT2D eigenvalue weighted by Crippen LogP contribution is 2.43. The number of hydrogen-bond donors (Lipinski definition) is 1. The van der Waals surface area contributed by atoms with Crippen molar-refractivity contribution < 1.29 is 19.4 Å². The van der Waals surface area contributed by atoms with Crippen molar-refractivity contribution in [1.29, 1.82) is 0 Å². The maximum atomic E-state index is 13.3. The SMILES string of the molecule is CCOc1ccc(/C(O)=C2/C(=O)C(=O)N(c3ccccc3)C2c2ccc(Cl)cc2)cc1C(C)(C)C. The molecule has 1 atom stereocenters. The van der Waals surface area contributed by atoms with E-state index < -0.39 is 17.7 Å². The first-order valence-electron chi connectivity index (χ1n) is 11.5. The number of nitrogens with zero attached hydrogens (tertiary/aromatic N) is 1. The van der Waals surface area contributed by atoms with Gasteiger partial charge in [-0.15, -0.1) is 0 Å². The number of halogens is 1. The molecule has 1 fully saturated rings. The van der Waals surface area contributed by atoms with Crippen LogP contribution in [0.5, 0.6) is 5.75 Å². The number of ketones is 1. The molecule has 5 nitrogen and oxygen atoms in total. The molecule has 1 aliphatic heterocycles. The number of amides is 1. The normalized spacial score (nSPS) is 17.6. The number of carbonyl (C=O) groups is 2. The quantitative estimate of drug-likeness (QED) is 0.247. The van der Waals surface area contributed by atoms with Crippen LogP contribution >= 0.6 is 11.6 Å². The van der Waals surface area contributed by atoms with Crippen molar-refractivity contribution in [3.8, 4) is 5.75 Å². The van der Waals surface area contributed by atoms with Crippen LogP contribution in [-0.2, 0) is 15.0 Å². The maximum Gasteiger partial charge on any atom is 0.300 e. The lowest BCUT2D eigenvalue weighted by Gasteiger charge is -2.26. The highest BCUT2D eigenvalue weighted by molar-refractivity contribution is 6.51. The second kappa shape index (κ2) is 9.59. The zero-order valence-electron chi connectivity index (χ0n) is 20.2. The minimum absolute atomic E-state index is 0.0326. The zero-order valence-corrected chi connectivity index (χ0v) is 21.0. The van der Waals surface area contributed by atoms with Gasteiger partial charge < -0.3 is 9.84 Å². The van der Waals surface area contributed by atoms with Gasteiger partial charge in [0, 0.05) is 21.8 Å². The van der Waals surface area contributed by atoms with Gasteiger partial charge in [0.1, 0.15) is 11.5 Å². The first-order chi connectivity index (χ1) is 16.6. The molecule has 0 aliphatic carbocycles. The number of anilines is 1. The molecule has 1 unspecified atom stereocenters. The van der Waals surface area contributed by atoms with Crippen molar-refractivity contribution in [1.82, 2.24) is 0 Å². The number of aliphatic hydroxyl groups is 1. The lowest BCUT2D eigenvalue weighted by Crippen LogP contribution is -2.29. The summed E-state index contributed by atoms with van der Waals surface area (Å²) in [5, 5.41) is 12.0. The number of rotatable bonds is 5. The predicted molar refractivity (Wildman–Crippen MR) is 139 cm³/mol. The highest BCUT2D eigenvalue weighted by Gasteiger charge is 2.47. The summed E-state index contributed by atoms with van der Waals surface area (Å²) in [6, 6.07) is 20.4. The number of Topliss-reactive ketones (excluding diaryl/α,β-unsaturated/α-hetero) is 1. The predicted octanol–water partition coefficient (Wildman–Crippen LogP) is 6.66. The number of hydrogen-bond acceptors (Lipinski definition) is 4. The number of ether oxygens (including phenoxy) is 1. The molecule has 4 rings (SSSR count). The van der Waals surface area contributed by atoms with Gasteiger partial charge >= 0.3 is 0 Å². The van der Waals surface area contributed by atoms with E-state index in [0.717, 1.165) is 11.3 Å². The van der Waals surface area contributed by atoms with E-state index in [2.05, 4.69) is 20.8 Å². The summed E-state index contributed by atoms with van der Waals surface area (Å²) >= 11 is 6.10. The van der Waals surface area contributed by atoms with Gasteiger partial charge in [0.2, 0.25) is 0 Å². The minimum atomic E-state index is -0.806. The second-order valence-electron chi connectivity index (χ2n) is 9.45. The average Bonchev–Trinajstić information content (AvgIpc) is 3.10. The molecule has 6 heteroatoms. The van der Waals surface area contributed by atoms with Gasteiger partial charge in [-0.25, -0.2) is 0 Å². The molecule has 0 aromatic heterocycles.